The summed E-state index contributed by atoms with van der Waals surface area (Å²) in [6, 6.07) is 1.84. The molecule has 2 aliphatic carbocycles. The second kappa shape index (κ2) is 8.65. The summed E-state index contributed by atoms with van der Waals surface area (Å²) in [5.74, 6) is -0.688. The maximum absolute atomic E-state index is 12.8. The van der Waals surface area contributed by atoms with Gasteiger partial charge in [-0.3, -0.25) is 9.78 Å². The van der Waals surface area contributed by atoms with E-state index in [2.05, 4.69) is 29.5 Å². The largest absolute Gasteiger partial charge is 0.478 e. The van der Waals surface area contributed by atoms with Gasteiger partial charge < -0.3 is 15.7 Å². The molecule has 0 aliphatic heterocycles. The molecule has 27 heavy (non-hydrogen) atoms. The SMILES string of the molecule is CC[C@@H](C)[C@@H](NCc1ccnc2c1C(C(=O)O)=CC2)C(=O)NC1CCCC1. The number of nitrogens with zero attached hydrogens (tertiary/aromatic N) is 1. The molecule has 0 spiro atoms. The van der Waals surface area contributed by atoms with Crippen molar-refractivity contribution in [3.8, 4) is 0 Å². The quantitative estimate of drug-likeness (QED) is 0.653. The number of carbonyl (C=O) groups is 2. The van der Waals surface area contributed by atoms with Crippen LogP contribution in [0.5, 0.6) is 0 Å². The zero-order valence-corrected chi connectivity index (χ0v) is 16.1. The summed E-state index contributed by atoms with van der Waals surface area (Å²) >= 11 is 0. The van der Waals surface area contributed by atoms with Crippen LogP contribution in [0.15, 0.2) is 18.3 Å². The van der Waals surface area contributed by atoms with Crippen molar-refractivity contribution >= 4 is 17.4 Å². The minimum Gasteiger partial charge on any atom is -0.478 e. The average molecular weight is 371 g/mol. The number of hydrogen-bond acceptors (Lipinski definition) is 4. The fourth-order valence-electron chi connectivity index (χ4n) is 4.05. The Morgan fingerprint density at radius 2 is 2.07 bits per heavy atom. The van der Waals surface area contributed by atoms with Crippen molar-refractivity contribution in [1.82, 2.24) is 15.6 Å². The van der Waals surface area contributed by atoms with Crippen molar-refractivity contribution in [1.29, 1.82) is 0 Å². The first-order chi connectivity index (χ1) is 13.0. The van der Waals surface area contributed by atoms with Crippen molar-refractivity contribution in [3.05, 3.63) is 35.2 Å². The molecule has 3 N–H and O–H groups in total. The molecule has 1 heterocycles. The highest BCUT2D eigenvalue weighted by Crippen LogP contribution is 2.29. The average Bonchev–Trinajstić information content (AvgIpc) is 3.31. The van der Waals surface area contributed by atoms with Gasteiger partial charge in [-0.2, -0.15) is 0 Å². The monoisotopic (exact) mass is 371 g/mol. The zero-order chi connectivity index (χ0) is 19.4. The van der Waals surface area contributed by atoms with Crippen LogP contribution in [0.25, 0.3) is 5.57 Å². The van der Waals surface area contributed by atoms with Crippen molar-refractivity contribution in [2.24, 2.45) is 5.92 Å². The van der Waals surface area contributed by atoms with E-state index in [1.807, 2.05) is 6.07 Å². The van der Waals surface area contributed by atoms with Crippen LogP contribution in [0.2, 0.25) is 0 Å². The Morgan fingerprint density at radius 3 is 2.74 bits per heavy atom. The fraction of sp³-hybridized carbons (Fsp3) is 0.571. The summed E-state index contributed by atoms with van der Waals surface area (Å²) in [6.45, 7) is 4.60. The topological polar surface area (TPSA) is 91.3 Å². The lowest BCUT2D eigenvalue weighted by Gasteiger charge is -2.26. The number of pyridine rings is 1. The lowest BCUT2D eigenvalue weighted by molar-refractivity contribution is -0.130. The summed E-state index contributed by atoms with van der Waals surface area (Å²) in [5, 5.41) is 16.0. The Kier molecular flexibility index (Phi) is 6.26. The molecular formula is C21H29N3O3. The van der Waals surface area contributed by atoms with Gasteiger partial charge in [0.1, 0.15) is 0 Å². The smallest absolute Gasteiger partial charge is 0.336 e. The Hall–Kier alpha value is -2.21. The second-order valence-corrected chi connectivity index (χ2v) is 7.65. The van der Waals surface area contributed by atoms with Crippen LogP contribution >= 0.6 is 0 Å². The van der Waals surface area contributed by atoms with Crippen LogP contribution in [0, 0.1) is 5.92 Å². The van der Waals surface area contributed by atoms with Crippen molar-refractivity contribution < 1.29 is 14.7 Å². The second-order valence-electron chi connectivity index (χ2n) is 7.65. The molecule has 3 rings (SSSR count). The summed E-state index contributed by atoms with van der Waals surface area (Å²) in [5.41, 5.74) is 2.69. The summed E-state index contributed by atoms with van der Waals surface area (Å²) in [4.78, 5) is 28.7. The van der Waals surface area contributed by atoms with Crippen LogP contribution in [0.1, 0.15) is 62.8 Å². The standard InChI is InChI=1S/C21H29N3O3/c1-3-13(2)19(20(25)24-15-6-4-5-7-15)23-12-14-10-11-22-17-9-8-16(18(14)17)21(26)27/h8,10-11,13,15,19,23H,3-7,9,12H2,1-2H3,(H,24,25)(H,26,27)/t13-,19-/m1/s1. The molecule has 2 aliphatic rings. The first-order valence-corrected chi connectivity index (χ1v) is 9.95. The van der Waals surface area contributed by atoms with Crippen LogP contribution in [0.4, 0.5) is 0 Å². The number of hydrogen-bond donors (Lipinski definition) is 3. The van der Waals surface area contributed by atoms with Gasteiger partial charge in [-0.1, -0.05) is 39.2 Å². The number of carboxylic acids is 1. The third-order valence-electron chi connectivity index (χ3n) is 5.82. The predicted octanol–water partition coefficient (Wildman–Crippen LogP) is 2.67. The first-order valence-electron chi connectivity index (χ1n) is 9.95. The number of allylic oxidation sites excluding steroid dienone is 1. The Labute approximate surface area is 160 Å². The van der Waals surface area contributed by atoms with Gasteiger partial charge in [0.15, 0.2) is 0 Å². The van der Waals surface area contributed by atoms with E-state index >= 15 is 0 Å². The predicted molar refractivity (Wildman–Crippen MR) is 104 cm³/mol. The zero-order valence-electron chi connectivity index (χ0n) is 16.1. The minimum absolute atomic E-state index is 0.0518. The van der Waals surface area contributed by atoms with E-state index < -0.39 is 5.97 Å². The van der Waals surface area contributed by atoms with Gasteiger partial charge in [-0.15, -0.1) is 0 Å². The molecule has 1 aromatic rings. The number of carbonyl (C=O) groups excluding carboxylic acids is 1. The maximum Gasteiger partial charge on any atom is 0.336 e. The fourth-order valence-corrected chi connectivity index (χ4v) is 4.05. The van der Waals surface area contributed by atoms with E-state index in [9.17, 15) is 14.7 Å². The molecule has 0 saturated heterocycles. The van der Waals surface area contributed by atoms with Crippen LogP contribution in [0.3, 0.4) is 0 Å². The van der Waals surface area contributed by atoms with Crippen LogP contribution < -0.4 is 10.6 Å². The highest BCUT2D eigenvalue weighted by atomic mass is 16.4. The van der Waals surface area contributed by atoms with Gasteiger partial charge in [0.2, 0.25) is 5.91 Å². The van der Waals surface area contributed by atoms with E-state index in [1.165, 1.54) is 12.8 Å². The molecule has 1 aromatic heterocycles. The number of nitrogens with one attached hydrogen (secondary N) is 2. The minimum atomic E-state index is -0.930. The number of carboxylic acid groups (broad SMARTS) is 1. The summed E-state index contributed by atoms with van der Waals surface area (Å²) < 4.78 is 0. The van der Waals surface area contributed by atoms with Crippen LogP contribution in [-0.2, 0) is 22.6 Å². The molecule has 1 fully saturated rings. The van der Waals surface area contributed by atoms with Gasteiger partial charge in [-0.05, 0) is 30.4 Å². The van der Waals surface area contributed by atoms with E-state index in [-0.39, 0.29) is 23.9 Å². The lowest BCUT2D eigenvalue weighted by atomic mass is 9.96. The normalized spacial score (nSPS) is 18.7. The molecule has 1 saturated carbocycles. The molecular weight excluding hydrogens is 342 g/mol. The highest BCUT2D eigenvalue weighted by molar-refractivity contribution is 6.17. The molecule has 0 radical (unpaired) electrons. The van der Waals surface area contributed by atoms with E-state index in [0.29, 0.717) is 24.1 Å². The summed E-state index contributed by atoms with van der Waals surface area (Å²) in [7, 11) is 0. The summed E-state index contributed by atoms with van der Waals surface area (Å²) in [6.07, 6.45) is 9.34. The van der Waals surface area contributed by atoms with Gasteiger partial charge in [0.25, 0.3) is 0 Å². The van der Waals surface area contributed by atoms with Crippen molar-refractivity contribution in [2.75, 3.05) is 0 Å². The number of fused-ring (bicyclic) bond motifs is 1. The Balaban J connectivity index is 1.73. The lowest BCUT2D eigenvalue weighted by Crippen LogP contribution is -2.50. The molecule has 2 atom stereocenters. The molecule has 6 nitrogen and oxygen atoms in total. The van der Waals surface area contributed by atoms with E-state index in [4.69, 9.17) is 0 Å². The number of rotatable bonds is 8. The number of aromatic nitrogens is 1. The van der Waals surface area contributed by atoms with Gasteiger partial charge >= 0.3 is 5.97 Å². The van der Waals surface area contributed by atoms with Gasteiger partial charge in [0, 0.05) is 30.8 Å². The Morgan fingerprint density at radius 1 is 1.33 bits per heavy atom. The van der Waals surface area contributed by atoms with Crippen molar-refractivity contribution in [2.45, 2.75) is 71.0 Å². The third kappa shape index (κ3) is 4.38. The van der Waals surface area contributed by atoms with Gasteiger partial charge in [0.05, 0.1) is 17.3 Å². The maximum atomic E-state index is 12.8. The molecule has 0 aromatic carbocycles. The molecule has 0 unspecified atom stereocenters. The van der Waals surface area contributed by atoms with E-state index in [1.54, 1.807) is 12.3 Å². The molecule has 6 heteroatoms. The number of amides is 1. The Bertz CT molecular complexity index is 738. The molecule has 0 bridgehead atoms. The van der Waals surface area contributed by atoms with E-state index in [0.717, 1.165) is 30.5 Å². The van der Waals surface area contributed by atoms with Gasteiger partial charge in [-0.25, -0.2) is 4.79 Å². The van der Waals surface area contributed by atoms with Crippen molar-refractivity contribution in [3.63, 3.8) is 0 Å². The number of aliphatic carboxylic acids is 1. The third-order valence-corrected chi connectivity index (χ3v) is 5.82. The first kappa shape index (κ1) is 19.5. The molecule has 1 amide bonds. The van der Waals surface area contributed by atoms with Crippen LogP contribution in [-0.4, -0.2) is 34.1 Å². The molecule has 146 valence electrons. The highest BCUT2D eigenvalue weighted by Gasteiger charge is 2.28.